The Morgan fingerprint density at radius 3 is 2.69 bits per heavy atom. The van der Waals surface area contributed by atoms with E-state index < -0.39 is 5.97 Å². The summed E-state index contributed by atoms with van der Waals surface area (Å²) in [5.74, 6) is 0.364. The second-order valence-electron chi connectivity index (χ2n) is 9.83. The minimum Gasteiger partial charge on any atom is -0.481 e. The van der Waals surface area contributed by atoms with E-state index in [2.05, 4.69) is 13.0 Å². The molecule has 0 saturated heterocycles. The number of hydrogen-bond acceptors (Lipinski definition) is 3. The van der Waals surface area contributed by atoms with E-state index >= 15 is 0 Å². The standard InChI is InChI=1S/C25H40O4/c1-2-3-4-11-25(12-7-13-25)22(24(28)29)10-5-8-18-15-19-17-23(27)20(9-6-14-26)21(19)16-18/h6,8-9,19-23,26-27H,2-5,7,10-17H2,1H3,(H,28,29)/t19-,20-,21+,22?,23-/m1/s1. The number of fused-ring (bicyclic) bond motifs is 1. The van der Waals surface area contributed by atoms with Gasteiger partial charge >= 0.3 is 5.97 Å². The molecule has 5 atom stereocenters. The van der Waals surface area contributed by atoms with Gasteiger partial charge in [-0.1, -0.05) is 56.4 Å². The fourth-order valence-corrected chi connectivity index (χ4v) is 6.43. The molecule has 3 aliphatic carbocycles. The molecule has 0 bridgehead atoms. The minimum absolute atomic E-state index is 0.0277. The molecule has 3 fully saturated rings. The predicted molar refractivity (Wildman–Crippen MR) is 115 cm³/mol. The Kier molecular flexibility index (Phi) is 7.98. The van der Waals surface area contributed by atoms with Crippen LogP contribution in [0.3, 0.4) is 0 Å². The van der Waals surface area contributed by atoms with Gasteiger partial charge in [0.05, 0.1) is 18.6 Å². The maximum absolute atomic E-state index is 12.1. The Hall–Kier alpha value is -1.13. The number of aliphatic hydroxyl groups excluding tert-OH is 2. The van der Waals surface area contributed by atoms with Crippen molar-refractivity contribution in [3.05, 3.63) is 23.8 Å². The Labute approximate surface area is 176 Å². The van der Waals surface area contributed by atoms with Crippen LogP contribution in [0.1, 0.15) is 84.0 Å². The van der Waals surface area contributed by atoms with Crippen molar-refractivity contribution in [2.75, 3.05) is 6.61 Å². The van der Waals surface area contributed by atoms with Crippen LogP contribution >= 0.6 is 0 Å². The molecule has 0 aromatic carbocycles. The first kappa shape index (κ1) is 22.6. The summed E-state index contributed by atoms with van der Waals surface area (Å²) in [7, 11) is 0. The van der Waals surface area contributed by atoms with Gasteiger partial charge in [0.1, 0.15) is 0 Å². The van der Waals surface area contributed by atoms with E-state index in [9.17, 15) is 15.0 Å². The number of rotatable bonds is 11. The summed E-state index contributed by atoms with van der Waals surface area (Å²) >= 11 is 0. The molecule has 0 aliphatic heterocycles. The molecule has 3 saturated carbocycles. The zero-order chi connectivity index (χ0) is 20.9. The lowest BCUT2D eigenvalue weighted by Gasteiger charge is -2.46. The molecule has 3 aliphatic rings. The Morgan fingerprint density at radius 2 is 2.07 bits per heavy atom. The number of unbranched alkanes of at least 4 members (excludes halogenated alkanes) is 2. The number of allylic oxidation sites excluding steroid dienone is 2. The first-order valence-electron chi connectivity index (χ1n) is 11.9. The van der Waals surface area contributed by atoms with E-state index in [-0.39, 0.29) is 30.0 Å². The van der Waals surface area contributed by atoms with Gasteiger partial charge in [-0.25, -0.2) is 0 Å². The van der Waals surface area contributed by atoms with Gasteiger partial charge in [0.25, 0.3) is 0 Å². The number of carbonyl (C=O) groups is 1. The molecule has 1 unspecified atom stereocenters. The molecule has 0 radical (unpaired) electrons. The van der Waals surface area contributed by atoms with Crippen LogP contribution in [-0.4, -0.2) is 34.0 Å². The normalized spacial score (nSPS) is 33.1. The minimum atomic E-state index is -0.597. The average molecular weight is 405 g/mol. The fourth-order valence-electron chi connectivity index (χ4n) is 6.43. The van der Waals surface area contributed by atoms with Crippen LogP contribution in [0, 0.1) is 29.1 Å². The molecule has 4 heteroatoms. The molecule has 3 N–H and O–H groups in total. The van der Waals surface area contributed by atoms with Gasteiger partial charge in [-0.3, -0.25) is 4.79 Å². The maximum atomic E-state index is 12.1. The van der Waals surface area contributed by atoms with Gasteiger partial charge < -0.3 is 15.3 Å². The first-order valence-corrected chi connectivity index (χ1v) is 11.9. The van der Waals surface area contributed by atoms with Crippen molar-refractivity contribution in [3.63, 3.8) is 0 Å². The van der Waals surface area contributed by atoms with Crippen LogP contribution in [0.2, 0.25) is 0 Å². The monoisotopic (exact) mass is 404 g/mol. The molecular weight excluding hydrogens is 364 g/mol. The second kappa shape index (κ2) is 10.3. The van der Waals surface area contributed by atoms with E-state index in [1.54, 1.807) is 6.08 Å². The van der Waals surface area contributed by atoms with E-state index in [4.69, 9.17) is 5.11 Å². The topological polar surface area (TPSA) is 77.8 Å². The number of hydrogen-bond donors (Lipinski definition) is 3. The highest BCUT2D eigenvalue weighted by Crippen LogP contribution is 2.53. The number of aliphatic hydroxyl groups is 2. The smallest absolute Gasteiger partial charge is 0.307 e. The van der Waals surface area contributed by atoms with E-state index in [0.717, 1.165) is 57.8 Å². The quantitative estimate of drug-likeness (QED) is 0.331. The molecule has 0 spiro atoms. The molecule has 0 aromatic heterocycles. The number of aliphatic carboxylic acids is 1. The zero-order valence-corrected chi connectivity index (χ0v) is 18.1. The fraction of sp³-hybridized carbons (Fsp3) is 0.800. The summed E-state index contributed by atoms with van der Waals surface area (Å²) in [6.45, 7) is 2.23. The summed E-state index contributed by atoms with van der Waals surface area (Å²) in [4.78, 5) is 12.1. The summed E-state index contributed by atoms with van der Waals surface area (Å²) in [5, 5.41) is 29.3. The molecule has 0 heterocycles. The summed E-state index contributed by atoms with van der Waals surface area (Å²) < 4.78 is 0. The van der Waals surface area contributed by atoms with E-state index in [1.165, 1.54) is 24.8 Å². The van der Waals surface area contributed by atoms with E-state index in [1.807, 2.05) is 6.08 Å². The van der Waals surface area contributed by atoms with Crippen LogP contribution in [0.15, 0.2) is 23.8 Å². The van der Waals surface area contributed by atoms with Crippen LogP contribution in [0.25, 0.3) is 0 Å². The van der Waals surface area contributed by atoms with Gasteiger partial charge in [-0.2, -0.15) is 0 Å². The van der Waals surface area contributed by atoms with Gasteiger partial charge in [0.2, 0.25) is 0 Å². The highest BCUT2D eigenvalue weighted by atomic mass is 16.4. The molecule has 0 amide bonds. The molecule has 4 nitrogen and oxygen atoms in total. The van der Waals surface area contributed by atoms with Crippen molar-refractivity contribution < 1.29 is 20.1 Å². The van der Waals surface area contributed by atoms with Crippen LogP contribution in [0.5, 0.6) is 0 Å². The average Bonchev–Trinajstić information content (AvgIpc) is 3.16. The largest absolute Gasteiger partial charge is 0.481 e. The van der Waals surface area contributed by atoms with Crippen LogP contribution in [-0.2, 0) is 4.79 Å². The SMILES string of the molecule is CCCCCC1(C(CCC=C2C[C@@H]3C[C@@H](O)[C@H](C=CCO)[C@H]3C2)C(=O)O)CCC1. The predicted octanol–water partition coefficient (Wildman–Crippen LogP) is 5.10. The third-order valence-corrected chi connectivity index (χ3v) is 8.13. The molecule has 0 aromatic rings. The second-order valence-corrected chi connectivity index (χ2v) is 9.83. The molecular formula is C25H40O4. The van der Waals surface area contributed by atoms with Gasteiger partial charge in [0, 0.05) is 5.92 Å². The summed E-state index contributed by atoms with van der Waals surface area (Å²) in [6.07, 6.45) is 18.3. The Morgan fingerprint density at radius 1 is 1.28 bits per heavy atom. The molecule has 164 valence electrons. The third kappa shape index (κ3) is 5.14. The van der Waals surface area contributed by atoms with Crippen molar-refractivity contribution in [2.24, 2.45) is 29.1 Å². The summed E-state index contributed by atoms with van der Waals surface area (Å²) in [5.41, 5.74) is 1.50. The Balaban J connectivity index is 1.56. The Bertz CT molecular complexity index is 604. The highest BCUT2D eigenvalue weighted by molar-refractivity contribution is 5.71. The van der Waals surface area contributed by atoms with Crippen LogP contribution in [0.4, 0.5) is 0 Å². The van der Waals surface area contributed by atoms with Crippen molar-refractivity contribution in [2.45, 2.75) is 90.1 Å². The first-order chi connectivity index (χ1) is 14.0. The van der Waals surface area contributed by atoms with Crippen molar-refractivity contribution >= 4 is 5.97 Å². The lowest BCUT2D eigenvalue weighted by atomic mass is 9.57. The lowest BCUT2D eigenvalue weighted by Crippen LogP contribution is -2.41. The third-order valence-electron chi connectivity index (χ3n) is 8.13. The van der Waals surface area contributed by atoms with Gasteiger partial charge in [-0.05, 0) is 68.6 Å². The van der Waals surface area contributed by atoms with E-state index in [0.29, 0.717) is 11.8 Å². The van der Waals surface area contributed by atoms with Crippen molar-refractivity contribution in [1.82, 2.24) is 0 Å². The van der Waals surface area contributed by atoms with Crippen LogP contribution < -0.4 is 0 Å². The summed E-state index contributed by atoms with van der Waals surface area (Å²) in [6, 6.07) is 0. The number of carboxylic acid groups (broad SMARTS) is 1. The maximum Gasteiger partial charge on any atom is 0.307 e. The van der Waals surface area contributed by atoms with Crippen molar-refractivity contribution in [1.29, 1.82) is 0 Å². The zero-order valence-electron chi connectivity index (χ0n) is 18.1. The van der Waals surface area contributed by atoms with Gasteiger partial charge in [0.15, 0.2) is 0 Å². The van der Waals surface area contributed by atoms with Gasteiger partial charge in [-0.15, -0.1) is 0 Å². The number of carboxylic acids is 1. The van der Waals surface area contributed by atoms with Crippen molar-refractivity contribution in [3.8, 4) is 0 Å². The molecule has 29 heavy (non-hydrogen) atoms. The lowest BCUT2D eigenvalue weighted by molar-refractivity contribution is -0.151. The highest BCUT2D eigenvalue weighted by Gasteiger charge is 2.47. The molecule has 3 rings (SSSR count).